The average molecular weight is 620 g/mol. The van der Waals surface area contributed by atoms with Crippen LogP contribution in [-0.2, 0) is 29.2 Å². The van der Waals surface area contributed by atoms with Gasteiger partial charge in [0.15, 0.2) is 0 Å². The van der Waals surface area contributed by atoms with Gasteiger partial charge in [0.25, 0.3) is 0 Å². The second kappa shape index (κ2) is 12.8. The summed E-state index contributed by atoms with van der Waals surface area (Å²) in [5.41, 5.74) is 4.01. The second-order valence-corrected chi connectivity index (χ2v) is 13.4. The minimum absolute atomic E-state index is 0.172. The number of hydrogen-bond acceptors (Lipinski definition) is 8. The normalized spacial score (nSPS) is 17.7. The number of ether oxygens (including phenoxy) is 3. The van der Waals surface area contributed by atoms with E-state index in [2.05, 4.69) is 38.7 Å². The molecule has 7 rings (SSSR count). The zero-order valence-corrected chi connectivity index (χ0v) is 26.8. The number of carbonyl (C=O) groups excluding carboxylic acids is 1. The summed E-state index contributed by atoms with van der Waals surface area (Å²) in [6.07, 6.45) is 6.93. The predicted molar refractivity (Wildman–Crippen MR) is 177 cm³/mol. The first kappa shape index (κ1) is 30.3. The van der Waals surface area contributed by atoms with Gasteiger partial charge in [0.1, 0.15) is 18.0 Å². The number of pyridine rings is 2. The number of piperidine rings is 1. The summed E-state index contributed by atoms with van der Waals surface area (Å²) in [6, 6.07) is 20.1. The highest BCUT2D eigenvalue weighted by molar-refractivity contribution is 5.94. The van der Waals surface area contributed by atoms with Crippen LogP contribution in [0.3, 0.4) is 0 Å². The van der Waals surface area contributed by atoms with Crippen molar-refractivity contribution in [3.63, 3.8) is 0 Å². The van der Waals surface area contributed by atoms with Crippen molar-refractivity contribution < 1.29 is 19.0 Å². The maximum absolute atomic E-state index is 12.8. The monoisotopic (exact) mass is 619 g/mol. The molecule has 2 aromatic carbocycles. The summed E-state index contributed by atoms with van der Waals surface area (Å²) in [6.45, 7) is 10.3. The van der Waals surface area contributed by atoms with Crippen molar-refractivity contribution in [1.82, 2.24) is 24.4 Å². The van der Waals surface area contributed by atoms with Gasteiger partial charge in [0.05, 0.1) is 35.8 Å². The van der Waals surface area contributed by atoms with E-state index in [1.807, 2.05) is 69.6 Å². The molecule has 3 aromatic heterocycles. The topological polar surface area (TPSA) is 91.6 Å². The van der Waals surface area contributed by atoms with Gasteiger partial charge in [0, 0.05) is 42.1 Å². The highest BCUT2D eigenvalue weighted by Gasteiger charge is 2.27. The molecule has 9 heteroatoms. The Bertz CT molecular complexity index is 1850. The minimum atomic E-state index is -0.552. The summed E-state index contributed by atoms with van der Waals surface area (Å²) in [4.78, 5) is 29.5. The molecule has 0 N–H and O–H groups in total. The second-order valence-electron chi connectivity index (χ2n) is 13.4. The lowest BCUT2D eigenvalue weighted by atomic mass is 9.93. The van der Waals surface area contributed by atoms with E-state index in [9.17, 15) is 4.79 Å². The number of nitrogens with zero attached hydrogens (tertiary/aromatic N) is 5. The number of imidazole rings is 1. The molecule has 5 heterocycles. The molecule has 2 aliphatic heterocycles. The fraction of sp³-hybridized carbons (Fsp3) is 0.405. The van der Waals surface area contributed by atoms with Crippen LogP contribution < -0.4 is 4.74 Å². The quantitative estimate of drug-likeness (QED) is 0.169. The van der Waals surface area contributed by atoms with Crippen LogP contribution in [0.4, 0.5) is 0 Å². The van der Waals surface area contributed by atoms with Gasteiger partial charge in [-0.15, -0.1) is 0 Å². The minimum Gasteiger partial charge on any atom is -0.473 e. The summed E-state index contributed by atoms with van der Waals surface area (Å²) in [7, 11) is 0. The van der Waals surface area contributed by atoms with E-state index in [4.69, 9.17) is 24.2 Å². The summed E-state index contributed by atoms with van der Waals surface area (Å²) in [5.74, 6) is 1.72. The van der Waals surface area contributed by atoms with Gasteiger partial charge >= 0.3 is 5.97 Å². The van der Waals surface area contributed by atoms with Crippen molar-refractivity contribution in [2.45, 2.75) is 77.4 Å². The fourth-order valence-electron chi connectivity index (χ4n) is 6.30. The third-order valence-corrected chi connectivity index (χ3v) is 8.85. The molecule has 1 atom stereocenters. The molecule has 238 valence electrons. The molecule has 0 bridgehead atoms. The van der Waals surface area contributed by atoms with Gasteiger partial charge in [-0.1, -0.05) is 18.2 Å². The Labute approximate surface area is 269 Å². The van der Waals surface area contributed by atoms with Crippen molar-refractivity contribution in [2.24, 2.45) is 0 Å². The van der Waals surface area contributed by atoms with E-state index in [0.29, 0.717) is 24.0 Å². The molecule has 5 aromatic rings. The Morgan fingerprint density at radius 2 is 1.83 bits per heavy atom. The molecule has 0 spiro atoms. The lowest BCUT2D eigenvalue weighted by Crippen LogP contribution is -2.35. The van der Waals surface area contributed by atoms with E-state index in [1.165, 1.54) is 5.39 Å². The highest BCUT2D eigenvalue weighted by atomic mass is 16.6. The molecule has 2 fully saturated rings. The van der Waals surface area contributed by atoms with E-state index in [0.717, 1.165) is 85.5 Å². The molecule has 2 saturated heterocycles. The maximum Gasteiger partial charge on any atom is 0.338 e. The van der Waals surface area contributed by atoms with Gasteiger partial charge in [-0.2, -0.15) is 0 Å². The van der Waals surface area contributed by atoms with E-state index < -0.39 is 5.60 Å². The number of aromatic nitrogens is 4. The summed E-state index contributed by atoms with van der Waals surface area (Å²) in [5, 5.41) is 2.27. The molecular weight excluding hydrogens is 578 g/mol. The fourth-order valence-corrected chi connectivity index (χ4v) is 6.30. The van der Waals surface area contributed by atoms with E-state index in [-0.39, 0.29) is 12.1 Å². The van der Waals surface area contributed by atoms with Crippen LogP contribution in [0.5, 0.6) is 5.88 Å². The first-order valence-electron chi connectivity index (χ1n) is 16.3. The number of benzene rings is 2. The van der Waals surface area contributed by atoms with Crippen molar-refractivity contribution in [3.8, 4) is 5.88 Å². The zero-order chi connectivity index (χ0) is 31.7. The Morgan fingerprint density at radius 3 is 2.61 bits per heavy atom. The lowest BCUT2D eigenvalue weighted by molar-refractivity contribution is -0.0592. The van der Waals surface area contributed by atoms with E-state index >= 15 is 0 Å². The maximum atomic E-state index is 12.8. The number of carbonyl (C=O) groups is 1. The van der Waals surface area contributed by atoms with Crippen molar-refractivity contribution in [1.29, 1.82) is 0 Å². The highest BCUT2D eigenvalue weighted by Crippen LogP contribution is 2.30. The molecule has 2 aliphatic rings. The van der Waals surface area contributed by atoms with Gasteiger partial charge in [0.2, 0.25) is 5.88 Å². The van der Waals surface area contributed by atoms with Gasteiger partial charge in [-0.05, 0) is 100 Å². The largest absolute Gasteiger partial charge is 0.473 e. The van der Waals surface area contributed by atoms with Crippen molar-refractivity contribution in [3.05, 3.63) is 95.7 Å². The molecule has 46 heavy (non-hydrogen) atoms. The molecule has 0 amide bonds. The SMILES string of the molecule is CC(C)(C)OC(=O)c1ccc2nc(CN3CCC(c4cccc(OCc5ccc6ccncc6c5)n4)CC3)n(CC3CCO3)c2c1. The average Bonchev–Trinajstić information content (AvgIpc) is 3.37. The van der Waals surface area contributed by atoms with Crippen LogP contribution in [0.25, 0.3) is 21.8 Å². The molecular formula is C37H41N5O4. The van der Waals surface area contributed by atoms with Crippen molar-refractivity contribution in [2.75, 3.05) is 19.7 Å². The number of esters is 1. The van der Waals surface area contributed by atoms with Crippen LogP contribution in [0.1, 0.15) is 73.4 Å². The number of rotatable bonds is 9. The molecule has 0 aliphatic carbocycles. The number of likely N-dealkylation sites (tertiary alicyclic amines) is 1. The van der Waals surface area contributed by atoms with Crippen LogP contribution in [-0.4, -0.2) is 61.8 Å². The zero-order valence-electron chi connectivity index (χ0n) is 26.8. The summed E-state index contributed by atoms with van der Waals surface area (Å²) < 4.78 is 19.8. The van der Waals surface area contributed by atoms with E-state index in [1.54, 1.807) is 0 Å². The summed E-state index contributed by atoms with van der Waals surface area (Å²) >= 11 is 0. The van der Waals surface area contributed by atoms with Crippen LogP contribution in [0.2, 0.25) is 0 Å². The predicted octanol–water partition coefficient (Wildman–Crippen LogP) is 6.68. The van der Waals surface area contributed by atoms with Crippen LogP contribution in [0.15, 0.2) is 73.1 Å². The number of hydrogen-bond donors (Lipinski definition) is 0. The Hall–Kier alpha value is -4.34. The molecule has 1 unspecified atom stereocenters. The number of fused-ring (bicyclic) bond motifs is 2. The Morgan fingerprint density at radius 1 is 0.978 bits per heavy atom. The van der Waals surface area contributed by atoms with Gasteiger partial charge in [-0.3, -0.25) is 9.88 Å². The molecule has 0 saturated carbocycles. The molecule has 0 radical (unpaired) electrons. The Kier molecular flexibility index (Phi) is 8.44. The third-order valence-electron chi connectivity index (χ3n) is 8.85. The van der Waals surface area contributed by atoms with Crippen LogP contribution >= 0.6 is 0 Å². The van der Waals surface area contributed by atoms with Crippen LogP contribution in [0, 0.1) is 0 Å². The van der Waals surface area contributed by atoms with Gasteiger partial charge < -0.3 is 18.8 Å². The van der Waals surface area contributed by atoms with Gasteiger partial charge in [-0.25, -0.2) is 14.8 Å². The third kappa shape index (κ3) is 6.90. The molecule has 9 nitrogen and oxygen atoms in total. The standard InChI is InChI=1S/C37H41N5O4/c1-37(2,3)46-36(43)28-9-10-32-33(20-28)42(22-30-14-18-44-30)34(39-32)23-41-16-12-27(13-17-41)31-5-4-6-35(40-31)45-24-25-7-8-26-11-15-38-21-29(26)19-25/h4-11,15,19-21,27,30H,12-14,16-18,22-24H2,1-3H3. The Balaban J connectivity index is 1.00. The lowest BCUT2D eigenvalue weighted by Gasteiger charge is -2.32. The smallest absolute Gasteiger partial charge is 0.338 e. The van der Waals surface area contributed by atoms with Crippen molar-refractivity contribution >= 4 is 27.8 Å². The first-order valence-corrected chi connectivity index (χ1v) is 16.3. The first-order chi connectivity index (χ1) is 22.3.